The maximum atomic E-state index is 6.21. The molecule has 0 radical (unpaired) electrons. The van der Waals surface area contributed by atoms with E-state index in [2.05, 4.69) is 73.3 Å². The summed E-state index contributed by atoms with van der Waals surface area (Å²) in [7, 11) is 0. The average Bonchev–Trinajstić information content (AvgIpc) is 3.12. The molecule has 2 nitrogen and oxygen atoms in total. The topological polar surface area (TPSA) is 12.5 Å². The zero-order valence-corrected chi connectivity index (χ0v) is 31.6. The Bertz CT molecular complexity index is 1000. The lowest BCUT2D eigenvalue weighted by Crippen LogP contribution is -2.25. The van der Waals surface area contributed by atoms with Crippen LogP contribution in [0.15, 0.2) is 54.6 Å². The fraction of sp³-hybridized carbons (Fsp3) is 0.682. The summed E-state index contributed by atoms with van der Waals surface area (Å²) in [5, 5.41) is 0. The molecule has 0 saturated carbocycles. The van der Waals surface area contributed by atoms with E-state index in [1.165, 1.54) is 189 Å². The molecule has 0 bridgehead atoms. The van der Waals surface area contributed by atoms with E-state index in [0.717, 1.165) is 18.1 Å². The summed E-state index contributed by atoms with van der Waals surface area (Å²) in [5.41, 5.74) is 3.86. The normalized spacial score (nSPS) is 13.2. The second-order valence-electron chi connectivity index (χ2n) is 14.0. The number of unbranched alkanes of at least 4 members (excludes halogenated alkanes) is 22. The third-order valence-electron chi connectivity index (χ3n) is 9.88. The van der Waals surface area contributed by atoms with Gasteiger partial charge in [0.25, 0.3) is 0 Å². The van der Waals surface area contributed by atoms with Crippen molar-refractivity contribution < 1.29 is 4.74 Å². The molecule has 47 heavy (non-hydrogen) atoms. The van der Waals surface area contributed by atoms with Gasteiger partial charge in [-0.1, -0.05) is 198 Å². The molecule has 264 valence electrons. The van der Waals surface area contributed by atoms with E-state index in [1.807, 2.05) is 11.8 Å². The smallest absolute Gasteiger partial charge is 0.140 e. The van der Waals surface area contributed by atoms with E-state index in [0.29, 0.717) is 0 Å². The highest BCUT2D eigenvalue weighted by molar-refractivity contribution is 8.08. The lowest BCUT2D eigenvalue weighted by molar-refractivity contribution is 0.301. The lowest BCUT2D eigenvalue weighted by atomic mass is 10.0. The summed E-state index contributed by atoms with van der Waals surface area (Å²) in [4.78, 5) is 3.97. The highest BCUT2D eigenvalue weighted by Crippen LogP contribution is 2.39. The minimum absolute atomic E-state index is 0.780. The molecule has 2 aromatic carbocycles. The van der Waals surface area contributed by atoms with Crippen LogP contribution < -0.4 is 4.90 Å². The maximum Gasteiger partial charge on any atom is 0.140 e. The van der Waals surface area contributed by atoms with E-state index in [4.69, 9.17) is 4.74 Å². The van der Waals surface area contributed by atoms with Crippen LogP contribution in [0, 0.1) is 0 Å². The van der Waals surface area contributed by atoms with E-state index in [-0.39, 0.29) is 0 Å². The van der Waals surface area contributed by atoms with Gasteiger partial charge in [-0.05, 0) is 30.5 Å². The molecule has 0 saturated heterocycles. The van der Waals surface area contributed by atoms with Gasteiger partial charge in [0.05, 0.1) is 11.5 Å². The molecular weight excluding hydrogens is 591 g/mol. The summed E-state index contributed by atoms with van der Waals surface area (Å²) in [6, 6.07) is 20.1. The molecule has 2 aromatic rings. The Morgan fingerprint density at radius 2 is 0.915 bits per heavy atom. The first kappa shape index (κ1) is 39.6. The van der Waals surface area contributed by atoms with Crippen molar-refractivity contribution in [3.05, 3.63) is 65.7 Å². The number of rotatable bonds is 29. The first-order chi connectivity index (χ1) is 23.3. The Morgan fingerprint density at radius 3 is 1.36 bits per heavy atom. The van der Waals surface area contributed by atoms with Crippen LogP contribution in [0.25, 0.3) is 10.7 Å². The molecular formula is C44H71NOS. The van der Waals surface area contributed by atoms with Gasteiger partial charge in [-0.25, -0.2) is 0 Å². The minimum Gasteiger partial charge on any atom is -0.491 e. The largest absolute Gasteiger partial charge is 0.491 e. The fourth-order valence-corrected chi connectivity index (χ4v) is 7.90. The monoisotopic (exact) mass is 662 g/mol. The molecule has 0 unspecified atom stereocenters. The van der Waals surface area contributed by atoms with Crippen molar-refractivity contribution in [1.82, 2.24) is 0 Å². The first-order valence-electron chi connectivity index (χ1n) is 20.2. The van der Waals surface area contributed by atoms with Crippen LogP contribution in [-0.4, -0.2) is 25.4 Å². The number of benzene rings is 2. The molecule has 0 aliphatic carbocycles. The van der Waals surface area contributed by atoms with Crippen molar-refractivity contribution in [1.29, 1.82) is 0 Å². The van der Waals surface area contributed by atoms with Gasteiger partial charge < -0.3 is 9.64 Å². The Hall–Kier alpha value is -1.87. The molecule has 0 amide bonds. The lowest BCUT2D eigenvalue weighted by Gasteiger charge is -2.26. The zero-order valence-electron chi connectivity index (χ0n) is 30.8. The van der Waals surface area contributed by atoms with Gasteiger partial charge in [-0.15, -0.1) is 11.8 Å². The summed E-state index contributed by atoms with van der Waals surface area (Å²) < 4.78 is 6.21. The second kappa shape index (κ2) is 27.0. The molecule has 0 atom stereocenters. The van der Waals surface area contributed by atoms with Gasteiger partial charge in [0.1, 0.15) is 5.76 Å². The SMILES string of the molecule is CCCCCCCCCCCCCCN(CCCCCCCCCCCCCC)c1ccc(C2=C(c3ccccc3)OCCS2)cc1. The molecule has 0 N–H and O–H groups in total. The Morgan fingerprint density at radius 1 is 0.489 bits per heavy atom. The van der Waals surface area contributed by atoms with Crippen LogP contribution >= 0.6 is 11.8 Å². The van der Waals surface area contributed by atoms with Crippen LogP contribution in [0.4, 0.5) is 5.69 Å². The number of anilines is 1. The molecule has 0 spiro atoms. The van der Waals surface area contributed by atoms with Crippen molar-refractivity contribution in [2.45, 2.75) is 168 Å². The van der Waals surface area contributed by atoms with Crippen molar-refractivity contribution in [2.24, 2.45) is 0 Å². The summed E-state index contributed by atoms with van der Waals surface area (Å²) in [6.07, 6.45) is 33.8. The van der Waals surface area contributed by atoms with E-state index >= 15 is 0 Å². The number of ether oxygens (including phenoxy) is 1. The highest BCUT2D eigenvalue weighted by Gasteiger charge is 2.18. The highest BCUT2D eigenvalue weighted by atomic mass is 32.2. The van der Waals surface area contributed by atoms with Crippen LogP contribution in [0.5, 0.6) is 0 Å². The van der Waals surface area contributed by atoms with Gasteiger partial charge in [0, 0.05) is 30.1 Å². The predicted octanol–water partition coefficient (Wildman–Crippen LogP) is 14.5. The summed E-state index contributed by atoms with van der Waals surface area (Å²) in [5.74, 6) is 2.05. The van der Waals surface area contributed by atoms with Crippen LogP contribution in [0.2, 0.25) is 0 Å². The molecule has 0 aromatic heterocycles. The van der Waals surface area contributed by atoms with Crippen molar-refractivity contribution in [3.63, 3.8) is 0 Å². The summed E-state index contributed by atoms with van der Waals surface area (Å²) >= 11 is 1.94. The average molecular weight is 662 g/mol. The number of thioether (sulfide) groups is 1. The van der Waals surface area contributed by atoms with Crippen LogP contribution in [0.3, 0.4) is 0 Å². The van der Waals surface area contributed by atoms with Crippen molar-refractivity contribution in [3.8, 4) is 0 Å². The third-order valence-corrected chi connectivity index (χ3v) is 11.0. The molecule has 0 fully saturated rings. The van der Waals surface area contributed by atoms with Gasteiger partial charge in [0.15, 0.2) is 0 Å². The summed E-state index contributed by atoms with van der Waals surface area (Å²) in [6.45, 7) is 7.76. The third kappa shape index (κ3) is 17.4. The minimum atomic E-state index is 0.780. The first-order valence-corrected chi connectivity index (χ1v) is 21.2. The Balaban J connectivity index is 1.44. The van der Waals surface area contributed by atoms with Crippen molar-refractivity contribution in [2.75, 3.05) is 30.3 Å². The van der Waals surface area contributed by atoms with Crippen molar-refractivity contribution >= 4 is 28.1 Å². The van der Waals surface area contributed by atoms with Gasteiger partial charge in [-0.3, -0.25) is 0 Å². The Kier molecular flexibility index (Phi) is 22.7. The number of hydrogen-bond acceptors (Lipinski definition) is 3. The van der Waals surface area contributed by atoms with Gasteiger partial charge >= 0.3 is 0 Å². The predicted molar refractivity (Wildman–Crippen MR) is 212 cm³/mol. The number of hydrogen-bond donors (Lipinski definition) is 0. The van der Waals surface area contributed by atoms with Gasteiger partial charge in [0.2, 0.25) is 0 Å². The van der Waals surface area contributed by atoms with Crippen LogP contribution in [-0.2, 0) is 4.74 Å². The van der Waals surface area contributed by atoms with E-state index in [9.17, 15) is 0 Å². The van der Waals surface area contributed by atoms with E-state index in [1.54, 1.807) is 0 Å². The quantitative estimate of drug-likeness (QED) is 0.0805. The Labute approximate surface area is 295 Å². The maximum absolute atomic E-state index is 6.21. The zero-order chi connectivity index (χ0) is 33.0. The van der Waals surface area contributed by atoms with Crippen LogP contribution in [0.1, 0.15) is 179 Å². The number of nitrogens with zero attached hydrogens (tertiary/aromatic N) is 1. The molecule has 1 aliphatic rings. The van der Waals surface area contributed by atoms with E-state index < -0.39 is 0 Å². The molecule has 3 rings (SSSR count). The fourth-order valence-electron chi connectivity index (χ4n) is 6.92. The molecule has 1 aliphatic heterocycles. The second-order valence-corrected chi connectivity index (χ2v) is 15.1. The standard InChI is InChI=1S/C44H71NOS/c1-3-5-7-9-11-13-15-17-19-21-23-28-36-45(37-29-24-22-20-18-16-14-12-10-8-6-4-2)42-34-32-41(33-35-42)44-43(46-38-39-47-44)40-30-26-25-27-31-40/h25-27,30-35H,3-24,28-29,36-39H2,1-2H3. The molecule has 3 heteroatoms. The van der Waals surface area contributed by atoms with Gasteiger partial charge in [-0.2, -0.15) is 0 Å². The molecule has 1 heterocycles.